The molecule has 0 aliphatic heterocycles. The highest BCUT2D eigenvalue weighted by atomic mass is 16.3. The molecule has 9 rings (SSSR count). The van der Waals surface area contributed by atoms with Gasteiger partial charge in [-0.25, -0.2) is 0 Å². The molecule has 8 aromatic carbocycles. The zero-order chi connectivity index (χ0) is 31.9. The fraction of sp³-hybridized carbons (Fsp3) is 0. The van der Waals surface area contributed by atoms with E-state index in [0.717, 1.165) is 55.7 Å². The normalized spacial score (nSPS) is 11.3. The van der Waals surface area contributed by atoms with Crippen molar-refractivity contribution in [3.63, 3.8) is 0 Å². The lowest BCUT2D eigenvalue weighted by molar-refractivity contribution is 0.669. The minimum atomic E-state index is 0.866. The number of furan rings is 1. The SMILES string of the molecule is c1ccc(-c2ccccc2N(c2ccccc2-c2cccc3cccc(-c4ccccc4)c23)c2cccc3oc4ccccc4c23)cc1. The zero-order valence-electron chi connectivity index (χ0n) is 26.3. The molecule has 0 amide bonds. The lowest BCUT2D eigenvalue weighted by atomic mass is 9.90. The summed E-state index contributed by atoms with van der Waals surface area (Å²) >= 11 is 0. The number of anilines is 3. The fourth-order valence-corrected chi connectivity index (χ4v) is 7.18. The Bertz CT molecular complexity index is 2560. The molecule has 9 aromatic rings. The van der Waals surface area contributed by atoms with Gasteiger partial charge in [0.05, 0.1) is 22.4 Å². The van der Waals surface area contributed by atoms with Crippen LogP contribution in [0.3, 0.4) is 0 Å². The van der Waals surface area contributed by atoms with Crippen LogP contribution in [-0.4, -0.2) is 0 Å². The molecule has 1 aromatic heterocycles. The van der Waals surface area contributed by atoms with Gasteiger partial charge in [0.15, 0.2) is 0 Å². The first-order chi connectivity index (χ1) is 23.8. The van der Waals surface area contributed by atoms with Crippen LogP contribution in [0.25, 0.3) is 66.1 Å². The molecular weight excluding hydrogens is 583 g/mol. The number of fused-ring (bicyclic) bond motifs is 4. The number of hydrogen-bond acceptors (Lipinski definition) is 2. The maximum Gasteiger partial charge on any atom is 0.137 e. The van der Waals surface area contributed by atoms with Gasteiger partial charge in [-0.05, 0) is 63.4 Å². The van der Waals surface area contributed by atoms with Crippen molar-refractivity contribution in [1.82, 2.24) is 0 Å². The second-order valence-corrected chi connectivity index (χ2v) is 12.1. The number of hydrogen-bond donors (Lipinski definition) is 0. The van der Waals surface area contributed by atoms with Gasteiger partial charge in [0.2, 0.25) is 0 Å². The number of benzene rings is 8. The van der Waals surface area contributed by atoms with Gasteiger partial charge in [0.1, 0.15) is 11.2 Å². The molecule has 0 bridgehead atoms. The average Bonchev–Trinajstić information content (AvgIpc) is 3.55. The van der Waals surface area contributed by atoms with Crippen LogP contribution in [0.2, 0.25) is 0 Å². The van der Waals surface area contributed by atoms with E-state index in [0.29, 0.717) is 0 Å². The van der Waals surface area contributed by atoms with Crippen LogP contribution in [-0.2, 0) is 0 Å². The molecule has 226 valence electrons. The fourth-order valence-electron chi connectivity index (χ4n) is 7.18. The van der Waals surface area contributed by atoms with E-state index in [4.69, 9.17) is 4.42 Å². The third-order valence-corrected chi connectivity index (χ3v) is 9.28. The quantitative estimate of drug-likeness (QED) is 0.185. The van der Waals surface area contributed by atoms with Gasteiger partial charge >= 0.3 is 0 Å². The Morgan fingerprint density at radius 1 is 0.312 bits per heavy atom. The van der Waals surface area contributed by atoms with Crippen LogP contribution in [0.15, 0.2) is 192 Å². The maximum atomic E-state index is 6.44. The molecule has 0 unspecified atom stereocenters. The Morgan fingerprint density at radius 3 is 1.56 bits per heavy atom. The van der Waals surface area contributed by atoms with Gasteiger partial charge in [0.25, 0.3) is 0 Å². The molecule has 0 atom stereocenters. The summed E-state index contributed by atoms with van der Waals surface area (Å²) < 4.78 is 6.44. The predicted molar refractivity (Wildman–Crippen MR) is 202 cm³/mol. The largest absolute Gasteiger partial charge is 0.456 e. The van der Waals surface area contributed by atoms with E-state index in [2.05, 4.69) is 187 Å². The molecular formula is C46H31NO. The Labute approximate surface area is 279 Å². The molecule has 48 heavy (non-hydrogen) atoms. The van der Waals surface area contributed by atoms with Crippen molar-refractivity contribution in [2.75, 3.05) is 4.90 Å². The smallest absolute Gasteiger partial charge is 0.137 e. The summed E-state index contributed by atoms with van der Waals surface area (Å²) in [6, 6.07) is 66.9. The number of para-hydroxylation sites is 3. The summed E-state index contributed by atoms with van der Waals surface area (Å²) in [5.74, 6) is 0. The van der Waals surface area contributed by atoms with E-state index >= 15 is 0 Å². The minimum absolute atomic E-state index is 0.866. The average molecular weight is 614 g/mol. The first-order valence-electron chi connectivity index (χ1n) is 16.4. The van der Waals surface area contributed by atoms with Crippen LogP contribution in [0, 0.1) is 0 Å². The van der Waals surface area contributed by atoms with Crippen LogP contribution < -0.4 is 4.90 Å². The van der Waals surface area contributed by atoms with E-state index in [-0.39, 0.29) is 0 Å². The molecule has 0 aliphatic rings. The van der Waals surface area contributed by atoms with Gasteiger partial charge in [-0.15, -0.1) is 0 Å². The Morgan fingerprint density at radius 2 is 0.812 bits per heavy atom. The minimum Gasteiger partial charge on any atom is -0.456 e. The summed E-state index contributed by atoms with van der Waals surface area (Å²) in [4.78, 5) is 2.44. The number of nitrogens with zero attached hydrogens (tertiary/aromatic N) is 1. The van der Waals surface area contributed by atoms with Crippen molar-refractivity contribution in [3.8, 4) is 33.4 Å². The highest BCUT2D eigenvalue weighted by Gasteiger charge is 2.24. The molecule has 0 N–H and O–H groups in total. The molecule has 0 fully saturated rings. The monoisotopic (exact) mass is 613 g/mol. The third-order valence-electron chi connectivity index (χ3n) is 9.28. The second-order valence-electron chi connectivity index (χ2n) is 12.1. The summed E-state index contributed by atoms with van der Waals surface area (Å²) in [5.41, 5.74) is 12.1. The third kappa shape index (κ3) is 4.66. The van der Waals surface area contributed by atoms with Crippen molar-refractivity contribution < 1.29 is 4.42 Å². The second kappa shape index (κ2) is 11.8. The van der Waals surface area contributed by atoms with E-state index in [1.165, 1.54) is 27.5 Å². The lowest BCUT2D eigenvalue weighted by Crippen LogP contribution is -2.13. The molecule has 0 saturated carbocycles. The topological polar surface area (TPSA) is 16.4 Å². The number of rotatable bonds is 6. The zero-order valence-corrected chi connectivity index (χ0v) is 26.3. The predicted octanol–water partition coefficient (Wildman–Crippen LogP) is 13.2. The summed E-state index contributed by atoms with van der Waals surface area (Å²) in [6.07, 6.45) is 0. The summed E-state index contributed by atoms with van der Waals surface area (Å²) in [6.45, 7) is 0. The van der Waals surface area contributed by atoms with Crippen LogP contribution in [0.5, 0.6) is 0 Å². The summed E-state index contributed by atoms with van der Waals surface area (Å²) in [5, 5.41) is 4.64. The highest BCUT2D eigenvalue weighted by Crippen LogP contribution is 2.49. The first-order valence-corrected chi connectivity index (χ1v) is 16.4. The molecule has 0 saturated heterocycles. The molecule has 2 nitrogen and oxygen atoms in total. The van der Waals surface area contributed by atoms with Gasteiger partial charge in [-0.3, -0.25) is 0 Å². The van der Waals surface area contributed by atoms with Crippen molar-refractivity contribution in [2.24, 2.45) is 0 Å². The van der Waals surface area contributed by atoms with Crippen LogP contribution in [0.1, 0.15) is 0 Å². The molecule has 1 heterocycles. The van der Waals surface area contributed by atoms with Crippen molar-refractivity contribution in [3.05, 3.63) is 188 Å². The van der Waals surface area contributed by atoms with E-state index < -0.39 is 0 Å². The lowest BCUT2D eigenvalue weighted by Gasteiger charge is -2.30. The molecule has 0 aliphatic carbocycles. The van der Waals surface area contributed by atoms with Gasteiger partial charge < -0.3 is 9.32 Å². The van der Waals surface area contributed by atoms with Crippen LogP contribution in [0.4, 0.5) is 17.1 Å². The Balaban J connectivity index is 1.38. The Hall–Kier alpha value is -6.38. The van der Waals surface area contributed by atoms with E-state index in [1.807, 2.05) is 6.07 Å². The van der Waals surface area contributed by atoms with Gasteiger partial charge in [-0.2, -0.15) is 0 Å². The van der Waals surface area contributed by atoms with Crippen LogP contribution >= 0.6 is 0 Å². The van der Waals surface area contributed by atoms with Crippen molar-refractivity contribution >= 4 is 49.8 Å². The molecule has 0 spiro atoms. The van der Waals surface area contributed by atoms with Gasteiger partial charge in [0, 0.05) is 16.5 Å². The molecule has 2 heteroatoms. The first kappa shape index (κ1) is 27.9. The van der Waals surface area contributed by atoms with E-state index in [9.17, 15) is 0 Å². The standard InChI is InChI=1S/C46H31NO/c1-3-16-32(17-4-1)35-22-7-10-27-40(35)47(42-29-15-31-44-46(42)39-24-9-12-30-43(39)48-44)41-28-11-8-23-37(41)38-26-14-21-34-20-13-25-36(45(34)38)33-18-5-2-6-19-33/h1-31H. The Kier molecular flexibility index (Phi) is 6.84. The van der Waals surface area contributed by atoms with Crippen molar-refractivity contribution in [2.45, 2.75) is 0 Å². The van der Waals surface area contributed by atoms with Gasteiger partial charge in [-0.1, -0.05) is 158 Å². The summed E-state index contributed by atoms with van der Waals surface area (Å²) in [7, 11) is 0. The van der Waals surface area contributed by atoms with E-state index in [1.54, 1.807) is 0 Å². The highest BCUT2D eigenvalue weighted by molar-refractivity contribution is 6.15. The molecule has 0 radical (unpaired) electrons. The maximum absolute atomic E-state index is 6.44. The van der Waals surface area contributed by atoms with Crippen molar-refractivity contribution in [1.29, 1.82) is 0 Å².